The van der Waals surface area contributed by atoms with Gasteiger partial charge in [0, 0.05) is 37.5 Å². The number of aromatic nitrogens is 3. The number of ketones is 1. The Morgan fingerprint density at radius 3 is 2.67 bits per heavy atom. The molecule has 0 unspecified atom stereocenters. The summed E-state index contributed by atoms with van der Waals surface area (Å²) in [6.07, 6.45) is 3.54. The van der Waals surface area contributed by atoms with Gasteiger partial charge in [0.2, 0.25) is 0 Å². The summed E-state index contributed by atoms with van der Waals surface area (Å²) >= 11 is 1.51. The second-order valence-corrected chi connectivity index (χ2v) is 6.55. The number of aryl methyl sites for hydroxylation is 1. The number of fused-ring (bicyclic) bond motifs is 1. The van der Waals surface area contributed by atoms with Crippen LogP contribution in [-0.4, -0.2) is 34.7 Å². The maximum atomic E-state index is 11.3. The summed E-state index contributed by atoms with van der Waals surface area (Å²) in [4.78, 5) is 16.5. The third-order valence-corrected chi connectivity index (χ3v) is 4.62. The number of ether oxygens (including phenoxy) is 1. The van der Waals surface area contributed by atoms with Gasteiger partial charge in [-0.05, 0) is 36.2 Å². The van der Waals surface area contributed by atoms with Gasteiger partial charge < -0.3 is 9.04 Å². The maximum absolute atomic E-state index is 11.3. The number of carbonyl (C=O) groups excluding carboxylic acids is 1. The van der Waals surface area contributed by atoms with Crippen LogP contribution in [0.1, 0.15) is 17.4 Å². The first-order valence-corrected chi connectivity index (χ1v) is 8.16. The molecule has 6 nitrogen and oxygen atoms in total. The number of methoxy groups -OCH3 is 1. The summed E-state index contributed by atoms with van der Waals surface area (Å²) in [5.41, 5.74) is 2.40. The average Bonchev–Trinajstić information content (AvgIpc) is 2.95. The van der Waals surface area contributed by atoms with Gasteiger partial charge in [0.15, 0.2) is 5.78 Å². The molecule has 1 aromatic carbocycles. The summed E-state index contributed by atoms with van der Waals surface area (Å²) in [5, 5.41) is 5.37. The van der Waals surface area contributed by atoms with Crippen molar-refractivity contribution in [1.29, 1.82) is 0 Å². The lowest BCUT2D eigenvalue weighted by atomic mass is 10.2. The molecule has 3 rings (SSSR count). The third kappa shape index (κ3) is 2.94. The van der Waals surface area contributed by atoms with E-state index in [1.807, 2.05) is 47.5 Å². The van der Waals surface area contributed by atoms with E-state index >= 15 is 0 Å². The van der Waals surface area contributed by atoms with E-state index < -0.39 is 0 Å². The molecule has 124 valence electrons. The van der Waals surface area contributed by atoms with Crippen molar-refractivity contribution in [1.82, 2.24) is 14.8 Å². The first kappa shape index (κ1) is 16.3. The van der Waals surface area contributed by atoms with Crippen LogP contribution in [-0.2, 0) is 7.05 Å². The van der Waals surface area contributed by atoms with Crippen molar-refractivity contribution in [3.05, 3.63) is 42.4 Å². The van der Waals surface area contributed by atoms with E-state index in [0.717, 1.165) is 27.2 Å². The Labute approximate surface area is 144 Å². The Hall–Kier alpha value is -2.54. The Morgan fingerprint density at radius 1 is 1.25 bits per heavy atom. The molecule has 0 saturated heterocycles. The van der Waals surface area contributed by atoms with Crippen LogP contribution >= 0.6 is 11.9 Å². The van der Waals surface area contributed by atoms with Crippen molar-refractivity contribution in [3.63, 3.8) is 0 Å². The van der Waals surface area contributed by atoms with Gasteiger partial charge in [0.1, 0.15) is 17.1 Å². The zero-order valence-corrected chi connectivity index (χ0v) is 14.8. The largest absolute Gasteiger partial charge is 0.494 e. The molecule has 0 aliphatic carbocycles. The van der Waals surface area contributed by atoms with Crippen LogP contribution in [0.4, 0.5) is 5.69 Å². The highest BCUT2D eigenvalue weighted by molar-refractivity contribution is 8.00. The molecular formula is C17H18N4O2S. The molecular weight excluding hydrogens is 324 g/mol. The van der Waals surface area contributed by atoms with Gasteiger partial charge in [-0.15, -0.1) is 0 Å². The van der Waals surface area contributed by atoms with Crippen molar-refractivity contribution >= 4 is 34.3 Å². The Balaban J connectivity index is 1.97. The van der Waals surface area contributed by atoms with Gasteiger partial charge in [0.05, 0.1) is 18.8 Å². The third-order valence-electron chi connectivity index (χ3n) is 3.71. The van der Waals surface area contributed by atoms with Gasteiger partial charge in [0.25, 0.3) is 0 Å². The van der Waals surface area contributed by atoms with Crippen molar-refractivity contribution in [2.45, 2.75) is 11.8 Å². The molecule has 0 radical (unpaired) electrons. The van der Waals surface area contributed by atoms with Gasteiger partial charge in [-0.3, -0.25) is 14.5 Å². The van der Waals surface area contributed by atoms with E-state index in [2.05, 4.69) is 10.1 Å². The van der Waals surface area contributed by atoms with E-state index in [1.54, 1.807) is 19.4 Å². The smallest absolute Gasteiger partial charge is 0.178 e. The van der Waals surface area contributed by atoms with Crippen LogP contribution in [0, 0.1) is 0 Å². The van der Waals surface area contributed by atoms with Crippen molar-refractivity contribution in [3.8, 4) is 5.75 Å². The summed E-state index contributed by atoms with van der Waals surface area (Å²) in [6, 6.07) is 7.56. The Kier molecular flexibility index (Phi) is 4.44. The number of anilines is 1. The highest BCUT2D eigenvalue weighted by Crippen LogP contribution is 2.39. The van der Waals surface area contributed by atoms with Gasteiger partial charge in [-0.25, -0.2) is 0 Å². The predicted octanol–water partition coefficient (Wildman–Crippen LogP) is 3.32. The number of hydrogen-bond donors (Lipinski definition) is 0. The summed E-state index contributed by atoms with van der Waals surface area (Å²) in [5.74, 6) is 0.732. The zero-order chi connectivity index (χ0) is 17.3. The number of carbonyl (C=O) groups is 1. The molecule has 0 amide bonds. The fourth-order valence-electron chi connectivity index (χ4n) is 2.54. The van der Waals surface area contributed by atoms with Crippen molar-refractivity contribution in [2.24, 2.45) is 7.05 Å². The SMILES string of the molecule is COc1ccc2cnn(C)c2c1N(C)Sc1ccc(C(C)=O)nc1. The Bertz CT molecular complexity index is 889. The molecule has 0 aliphatic heterocycles. The standard InChI is InChI=1S/C17H18N4O2S/c1-11(22)14-7-6-13(10-18-14)24-21(3)17-15(23-4)8-5-12-9-19-20(2)16(12)17/h5-10H,1-4H3. The molecule has 0 fully saturated rings. The molecule has 0 spiro atoms. The lowest BCUT2D eigenvalue weighted by molar-refractivity contribution is 0.101. The van der Waals surface area contributed by atoms with Gasteiger partial charge in [-0.1, -0.05) is 0 Å². The van der Waals surface area contributed by atoms with E-state index in [1.165, 1.54) is 18.9 Å². The van der Waals surface area contributed by atoms with Crippen LogP contribution in [0.15, 0.2) is 41.6 Å². The average molecular weight is 342 g/mol. The monoisotopic (exact) mass is 342 g/mol. The highest BCUT2D eigenvalue weighted by atomic mass is 32.2. The van der Waals surface area contributed by atoms with Crippen LogP contribution in [0.5, 0.6) is 5.75 Å². The fourth-order valence-corrected chi connectivity index (χ4v) is 3.36. The molecule has 0 saturated carbocycles. The molecule has 0 bridgehead atoms. The molecule has 0 aliphatic rings. The molecule has 0 atom stereocenters. The van der Waals surface area contributed by atoms with Crippen molar-refractivity contribution in [2.75, 3.05) is 18.5 Å². The number of benzene rings is 1. The topological polar surface area (TPSA) is 60.2 Å². The number of hydrogen-bond acceptors (Lipinski definition) is 6. The molecule has 2 aromatic heterocycles. The van der Waals surface area contributed by atoms with E-state index in [9.17, 15) is 4.79 Å². The maximum Gasteiger partial charge on any atom is 0.178 e. The number of nitrogens with zero attached hydrogens (tertiary/aromatic N) is 4. The van der Waals surface area contributed by atoms with Crippen molar-refractivity contribution < 1.29 is 9.53 Å². The minimum absolute atomic E-state index is 0.0405. The normalized spacial score (nSPS) is 10.8. The van der Waals surface area contributed by atoms with Crippen LogP contribution in [0.2, 0.25) is 0 Å². The minimum atomic E-state index is -0.0405. The second-order valence-electron chi connectivity index (χ2n) is 5.35. The summed E-state index contributed by atoms with van der Waals surface area (Å²) < 4.78 is 9.39. The second kappa shape index (κ2) is 6.52. The highest BCUT2D eigenvalue weighted by Gasteiger charge is 2.17. The van der Waals surface area contributed by atoms with Gasteiger partial charge >= 0.3 is 0 Å². The summed E-state index contributed by atoms with van der Waals surface area (Å²) in [6.45, 7) is 1.51. The molecule has 24 heavy (non-hydrogen) atoms. The fraction of sp³-hybridized carbons (Fsp3) is 0.235. The van der Waals surface area contributed by atoms with Gasteiger partial charge in [-0.2, -0.15) is 5.10 Å². The number of pyridine rings is 1. The van der Waals surface area contributed by atoms with Crippen LogP contribution in [0.25, 0.3) is 10.9 Å². The quantitative estimate of drug-likeness (QED) is 0.524. The zero-order valence-electron chi connectivity index (χ0n) is 14.0. The lowest BCUT2D eigenvalue weighted by Crippen LogP contribution is -2.10. The molecule has 7 heteroatoms. The number of Topliss-reactive ketones (excluding diaryl/α,β-unsaturated/α-hetero) is 1. The Morgan fingerprint density at radius 2 is 2.04 bits per heavy atom. The molecule has 2 heterocycles. The number of rotatable bonds is 5. The predicted molar refractivity (Wildman–Crippen MR) is 95.8 cm³/mol. The van der Waals surface area contributed by atoms with E-state index in [4.69, 9.17) is 4.74 Å². The van der Waals surface area contributed by atoms with Crippen LogP contribution < -0.4 is 9.04 Å². The summed E-state index contributed by atoms with van der Waals surface area (Å²) in [7, 11) is 5.53. The minimum Gasteiger partial charge on any atom is -0.494 e. The first-order valence-electron chi connectivity index (χ1n) is 7.38. The van der Waals surface area contributed by atoms with E-state index in [-0.39, 0.29) is 5.78 Å². The first-order chi connectivity index (χ1) is 11.5. The lowest BCUT2D eigenvalue weighted by Gasteiger charge is -2.21. The molecule has 0 N–H and O–H groups in total. The van der Waals surface area contributed by atoms with E-state index in [0.29, 0.717) is 5.69 Å². The molecule has 3 aromatic rings. The van der Waals surface area contributed by atoms with Crippen LogP contribution in [0.3, 0.4) is 0 Å².